The number of aliphatic hydroxyl groups excluding tert-OH is 1. The van der Waals surface area contributed by atoms with E-state index < -0.39 is 0 Å². The zero-order valence-corrected chi connectivity index (χ0v) is 17.5. The first-order valence-electron chi connectivity index (χ1n) is 9.90. The summed E-state index contributed by atoms with van der Waals surface area (Å²) in [6.07, 6.45) is 1.30. The lowest BCUT2D eigenvalue weighted by molar-refractivity contribution is -0.127. The quantitative estimate of drug-likeness (QED) is 0.657. The first-order chi connectivity index (χ1) is 13.9. The molecule has 1 aromatic heterocycles. The summed E-state index contributed by atoms with van der Waals surface area (Å²) in [4.78, 5) is 18.4. The Morgan fingerprint density at radius 2 is 1.93 bits per heavy atom. The summed E-state index contributed by atoms with van der Waals surface area (Å²) >= 11 is 0. The largest absolute Gasteiger partial charge is 0.493 e. The second kappa shape index (κ2) is 9.05. The number of likely N-dealkylation sites (N-methyl/N-ethyl adjacent to an activating group) is 1. The van der Waals surface area contributed by atoms with Crippen molar-refractivity contribution in [2.24, 2.45) is 0 Å². The highest BCUT2D eigenvalue weighted by Gasteiger charge is 2.11. The van der Waals surface area contributed by atoms with Crippen LogP contribution in [0.25, 0.3) is 22.2 Å². The van der Waals surface area contributed by atoms with Gasteiger partial charge in [0.2, 0.25) is 5.91 Å². The van der Waals surface area contributed by atoms with Crippen LogP contribution in [0.5, 0.6) is 5.75 Å². The van der Waals surface area contributed by atoms with Crippen molar-refractivity contribution in [2.75, 3.05) is 20.7 Å². The van der Waals surface area contributed by atoms with Crippen molar-refractivity contribution in [3.05, 3.63) is 59.2 Å². The van der Waals surface area contributed by atoms with Gasteiger partial charge in [-0.05, 0) is 60.9 Å². The fraction of sp³-hybridized carbons (Fsp3) is 0.333. The summed E-state index contributed by atoms with van der Waals surface area (Å²) in [5, 5.41) is 10.8. The van der Waals surface area contributed by atoms with Crippen LogP contribution >= 0.6 is 0 Å². The zero-order chi connectivity index (χ0) is 21.0. The minimum atomic E-state index is -0.0806. The van der Waals surface area contributed by atoms with Crippen LogP contribution in [0.3, 0.4) is 0 Å². The average Bonchev–Trinajstić information content (AvgIpc) is 2.72. The molecule has 0 atom stereocenters. The van der Waals surface area contributed by atoms with E-state index in [1.54, 1.807) is 19.0 Å². The lowest BCUT2D eigenvalue weighted by Crippen LogP contribution is -2.23. The van der Waals surface area contributed by atoms with E-state index in [1.165, 1.54) is 0 Å². The van der Waals surface area contributed by atoms with Gasteiger partial charge in [0.25, 0.3) is 0 Å². The predicted molar refractivity (Wildman–Crippen MR) is 116 cm³/mol. The number of amides is 1. The molecule has 1 heterocycles. The van der Waals surface area contributed by atoms with Crippen molar-refractivity contribution < 1.29 is 14.6 Å². The molecule has 5 nitrogen and oxygen atoms in total. The SMILES string of the molecule is CCCOc1ccc(-c2cc(C)c3cc(CC(=O)N(C)C)ccc3n2)cc1CO. The van der Waals surface area contributed by atoms with E-state index in [-0.39, 0.29) is 12.5 Å². The van der Waals surface area contributed by atoms with Gasteiger partial charge in [-0.3, -0.25) is 4.79 Å². The molecule has 0 aliphatic rings. The van der Waals surface area contributed by atoms with Crippen LogP contribution in [-0.2, 0) is 17.8 Å². The number of benzene rings is 2. The number of carbonyl (C=O) groups is 1. The van der Waals surface area contributed by atoms with Crippen molar-refractivity contribution in [3.8, 4) is 17.0 Å². The Labute approximate surface area is 172 Å². The van der Waals surface area contributed by atoms with Crippen LogP contribution in [0.15, 0.2) is 42.5 Å². The van der Waals surface area contributed by atoms with Crippen molar-refractivity contribution in [1.82, 2.24) is 9.88 Å². The third kappa shape index (κ3) is 4.74. The molecule has 3 rings (SSSR count). The zero-order valence-electron chi connectivity index (χ0n) is 17.5. The average molecular weight is 392 g/mol. The maximum atomic E-state index is 12.0. The van der Waals surface area contributed by atoms with Crippen LogP contribution < -0.4 is 4.74 Å². The highest BCUT2D eigenvalue weighted by molar-refractivity contribution is 5.87. The second-order valence-electron chi connectivity index (χ2n) is 7.47. The van der Waals surface area contributed by atoms with Gasteiger partial charge in [-0.25, -0.2) is 4.98 Å². The number of ether oxygens (including phenoxy) is 1. The first-order valence-corrected chi connectivity index (χ1v) is 9.90. The minimum Gasteiger partial charge on any atom is -0.493 e. The summed E-state index contributed by atoms with van der Waals surface area (Å²) < 4.78 is 5.71. The van der Waals surface area contributed by atoms with E-state index in [1.807, 2.05) is 42.5 Å². The normalized spacial score (nSPS) is 10.9. The summed E-state index contributed by atoms with van der Waals surface area (Å²) in [7, 11) is 3.53. The number of hydrogen-bond acceptors (Lipinski definition) is 4. The van der Waals surface area contributed by atoms with Crippen molar-refractivity contribution >= 4 is 16.8 Å². The third-order valence-corrected chi connectivity index (χ3v) is 4.92. The number of aliphatic hydroxyl groups is 1. The molecule has 0 fully saturated rings. The molecule has 29 heavy (non-hydrogen) atoms. The number of aryl methyl sites for hydroxylation is 1. The van der Waals surface area contributed by atoms with E-state index in [4.69, 9.17) is 9.72 Å². The number of rotatable bonds is 7. The molecule has 0 saturated carbocycles. The topological polar surface area (TPSA) is 62.7 Å². The van der Waals surface area contributed by atoms with E-state index in [0.717, 1.165) is 45.3 Å². The van der Waals surface area contributed by atoms with Gasteiger partial charge in [0.1, 0.15) is 5.75 Å². The van der Waals surface area contributed by atoms with Gasteiger partial charge in [0.05, 0.1) is 30.8 Å². The predicted octanol–water partition coefficient (Wildman–Crippen LogP) is 4.12. The first kappa shape index (κ1) is 20.8. The smallest absolute Gasteiger partial charge is 0.226 e. The standard InChI is InChI=1S/C24H28N2O3/c1-5-10-29-23-9-7-18(14-19(23)15-27)22-11-16(2)20-12-17(6-8-21(20)25-22)13-24(28)26(3)4/h6-9,11-12,14,27H,5,10,13,15H2,1-4H3. The van der Waals surface area contributed by atoms with Crippen molar-refractivity contribution in [1.29, 1.82) is 0 Å². The maximum absolute atomic E-state index is 12.0. The second-order valence-corrected chi connectivity index (χ2v) is 7.47. The summed E-state index contributed by atoms with van der Waals surface area (Å²) in [6, 6.07) is 13.8. The van der Waals surface area contributed by atoms with Gasteiger partial charge < -0.3 is 14.7 Å². The number of pyridine rings is 1. The molecule has 3 aromatic rings. The molecule has 0 bridgehead atoms. The van der Waals surface area contributed by atoms with E-state index in [0.29, 0.717) is 18.8 Å². The van der Waals surface area contributed by atoms with Gasteiger partial charge in [0.15, 0.2) is 0 Å². The fourth-order valence-electron chi connectivity index (χ4n) is 3.25. The highest BCUT2D eigenvalue weighted by atomic mass is 16.5. The number of hydrogen-bond donors (Lipinski definition) is 1. The lowest BCUT2D eigenvalue weighted by Gasteiger charge is -2.13. The maximum Gasteiger partial charge on any atom is 0.226 e. The van der Waals surface area contributed by atoms with Gasteiger partial charge in [-0.2, -0.15) is 0 Å². The summed E-state index contributed by atoms with van der Waals surface area (Å²) in [6.45, 7) is 4.65. The van der Waals surface area contributed by atoms with Crippen LogP contribution in [0.1, 0.15) is 30.0 Å². The molecule has 152 valence electrons. The molecule has 1 amide bonds. The summed E-state index contributed by atoms with van der Waals surface area (Å²) in [5.41, 5.74) is 5.51. The Kier molecular flexibility index (Phi) is 6.49. The van der Waals surface area contributed by atoms with Crippen LogP contribution in [0.2, 0.25) is 0 Å². The Morgan fingerprint density at radius 3 is 2.62 bits per heavy atom. The van der Waals surface area contributed by atoms with Gasteiger partial charge >= 0.3 is 0 Å². The van der Waals surface area contributed by atoms with Gasteiger partial charge in [-0.15, -0.1) is 0 Å². The van der Waals surface area contributed by atoms with Gasteiger partial charge in [-0.1, -0.05) is 13.0 Å². The van der Waals surface area contributed by atoms with E-state index in [9.17, 15) is 9.90 Å². The van der Waals surface area contributed by atoms with Crippen LogP contribution in [0.4, 0.5) is 0 Å². The minimum absolute atomic E-state index is 0.0773. The molecule has 0 saturated heterocycles. The molecule has 0 radical (unpaired) electrons. The van der Waals surface area contributed by atoms with Gasteiger partial charge in [0, 0.05) is 30.6 Å². The highest BCUT2D eigenvalue weighted by Crippen LogP contribution is 2.29. The lowest BCUT2D eigenvalue weighted by atomic mass is 10.0. The Hall–Kier alpha value is -2.92. The van der Waals surface area contributed by atoms with E-state index in [2.05, 4.69) is 13.8 Å². The number of aromatic nitrogens is 1. The molecule has 0 aliphatic heterocycles. The van der Waals surface area contributed by atoms with Crippen LogP contribution in [-0.4, -0.2) is 41.6 Å². The molecular weight excluding hydrogens is 364 g/mol. The third-order valence-electron chi connectivity index (χ3n) is 4.92. The monoisotopic (exact) mass is 392 g/mol. The Balaban J connectivity index is 1.96. The number of fused-ring (bicyclic) bond motifs is 1. The summed E-state index contributed by atoms with van der Waals surface area (Å²) in [5.74, 6) is 0.791. The molecule has 0 unspecified atom stereocenters. The van der Waals surface area contributed by atoms with E-state index >= 15 is 0 Å². The molecule has 0 spiro atoms. The fourth-order valence-corrected chi connectivity index (χ4v) is 3.25. The molecule has 5 heteroatoms. The Bertz CT molecular complexity index is 1030. The molecule has 1 N–H and O–H groups in total. The Morgan fingerprint density at radius 1 is 1.14 bits per heavy atom. The molecular formula is C24H28N2O3. The molecule has 0 aliphatic carbocycles. The van der Waals surface area contributed by atoms with Crippen molar-refractivity contribution in [3.63, 3.8) is 0 Å². The number of carbonyl (C=O) groups excluding carboxylic acids is 1. The molecule has 2 aromatic carbocycles. The van der Waals surface area contributed by atoms with Crippen molar-refractivity contribution in [2.45, 2.75) is 33.3 Å². The van der Waals surface area contributed by atoms with Crippen LogP contribution in [0, 0.1) is 6.92 Å². The number of nitrogens with zero attached hydrogens (tertiary/aromatic N) is 2.